The Morgan fingerprint density at radius 3 is 2.34 bits per heavy atom. The average molecular weight is 439 g/mol. The summed E-state index contributed by atoms with van der Waals surface area (Å²) in [5.74, 6) is -1.05. The summed E-state index contributed by atoms with van der Waals surface area (Å²) in [7, 11) is -3.75. The van der Waals surface area contributed by atoms with Crippen molar-refractivity contribution in [2.24, 2.45) is 0 Å². The minimum Gasteiger partial charge on any atom is -0.462 e. The Morgan fingerprint density at radius 2 is 1.79 bits per heavy atom. The quantitative estimate of drug-likeness (QED) is 0.666. The molecule has 7 nitrogen and oxygen atoms in total. The Bertz CT molecular complexity index is 1010. The molecule has 156 valence electrons. The van der Waals surface area contributed by atoms with E-state index in [4.69, 9.17) is 16.3 Å². The van der Waals surface area contributed by atoms with Gasteiger partial charge in [0, 0.05) is 10.7 Å². The number of halogens is 1. The Kier molecular flexibility index (Phi) is 7.26. The van der Waals surface area contributed by atoms with E-state index in [1.54, 1.807) is 38.1 Å². The SMILES string of the molecule is CCOC(=O)c1ccc(C)c(NC(=O)C(C)N(c2ccc(Cl)cc2)S(C)(=O)=O)c1. The Hall–Kier alpha value is -2.58. The van der Waals surface area contributed by atoms with Gasteiger partial charge in [-0.25, -0.2) is 13.2 Å². The third kappa shape index (κ3) is 5.71. The number of nitrogens with zero attached hydrogens (tertiary/aromatic N) is 1. The maximum atomic E-state index is 12.8. The largest absolute Gasteiger partial charge is 0.462 e. The van der Waals surface area contributed by atoms with Crippen molar-refractivity contribution in [2.75, 3.05) is 22.5 Å². The van der Waals surface area contributed by atoms with Crippen LogP contribution in [0.5, 0.6) is 0 Å². The van der Waals surface area contributed by atoms with Crippen LogP contribution in [0, 0.1) is 6.92 Å². The highest BCUT2D eigenvalue weighted by molar-refractivity contribution is 7.92. The van der Waals surface area contributed by atoms with E-state index in [-0.39, 0.29) is 12.2 Å². The standard InChI is InChI=1S/C20H23ClN2O5S/c1-5-28-20(25)15-7-6-13(2)18(12-15)22-19(24)14(3)23(29(4,26)27)17-10-8-16(21)9-11-17/h6-12,14H,5H2,1-4H3,(H,22,24). The number of sulfonamides is 1. The molecule has 0 saturated heterocycles. The fourth-order valence-electron chi connectivity index (χ4n) is 2.73. The highest BCUT2D eigenvalue weighted by Crippen LogP contribution is 2.24. The molecule has 0 bridgehead atoms. The molecule has 1 atom stereocenters. The molecule has 2 aromatic rings. The van der Waals surface area contributed by atoms with Gasteiger partial charge in [-0.3, -0.25) is 9.10 Å². The van der Waals surface area contributed by atoms with E-state index in [0.29, 0.717) is 16.4 Å². The van der Waals surface area contributed by atoms with Crippen molar-refractivity contribution in [3.8, 4) is 0 Å². The molecule has 1 amide bonds. The van der Waals surface area contributed by atoms with E-state index >= 15 is 0 Å². The summed E-state index contributed by atoms with van der Waals surface area (Å²) in [4.78, 5) is 24.8. The van der Waals surface area contributed by atoms with Gasteiger partial charge in [0.05, 0.1) is 24.1 Å². The van der Waals surface area contributed by atoms with Crippen molar-refractivity contribution in [1.29, 1.82) is 0 Å². The van der Waals surface area contributed by atoms with E-state index in [9.17, 15) is 18.0 Å². The summed E-state index contributed by atoms with van der Waals surface area (Å²) >= 11 is 5.88. The van der Waals surface area contributed by atoms with Crippen LogP contribution in [0.1, 0.15) is 29.8 Å². The van der Waals surface area contributed by atoms with E-state index in [1.807, 2.05) is 0 Å². The minimum absolute atomic E-state index is 0.232. The van der Waals surface area contributed by atoms with Gasteiger partial charge in [-0.2, -0.15) is 0 Å². The van der Waals surface area contributed by atoms with Gasteiger partial charge in [0.1, 0.15) is 6.04 Å². The van der Waals surface area contributed by atoms with Gasteiger partial charge >= 0.3 is 5.97 Å². The Morgan fingerprint density at radius 1 is 1.17 bits per heavy atom. The van der Waals surface area contributed by atoms with E-state index in [1.165, 1.54) is 25.1 Å². The number of anilines is 2. The number of carbonyl (C=O) groups is 2. The number of hydrogen-bond acceptors (Lipinski definition) is 5. The van der Waals surface area contributed by atoms with Crippen molar-refractivity contribution < 1.29 is 22.7 Å². The molecule has 29 heavy (non-hydrogen) atoms. The molecule has 0 aliphatic heterocycles. The van der Waals surface area contributed by atoms with Crippen molar-refractivity contribution in [2.45, 2.75) is 26.8 Å². The van der Waals surface area contributed by atoms with Crippen molar-refractivity contribution >= 4 is 44.9 Å². The highest BCUT2D eigenvalue weighted by atomic mass is 35.5. The Balaban J connectivity index is 2.31. The molecular formula is C20H23ClN2O5S. The molecule has 0 heterocycles. The lowest BCUT2D eigenvalue weighted by atomic mass is 10.1. The first-order valence-electron chi connectivity index (χ1n) is 8.88. The molecular weight excluding hydrogens is 416 g/mol. The summed E-state index contributed by atoms with van der Waals surface area (Å²) < 4.78 is 30.7. The topological polar surface area (TPSA) is 92.8 Å². The summed E-state index contributed by atoms with van der Waals surface area (Å²) in [6.45, 7) is 5.18. The average Bonchev–Trinajstić information content (AvgIpc) is 2.64. The van der Waals surface area contributed by atoms with Crippen LogP contribution in [0.4, 0.5) is 11.4 Å². The van der Waals surface area contributed by atoms with Crippen LogP contribution in [0.2, 0.25) is 5.02 Å². The molecule has 0 spiro atoms. The minimum atomic E-state index is -3.75. The van der Waals surface area contributed by atoms with E-state index < -0.39 is 27.9 Å². The van der Waals surface area contributed by atoms with Crippen LogP contribution >= 0.6 is 11.6 Å². The lowest BCUT2D eigenvalue weighted by Crippen LogP contribution is -2.45. The second kappa shape index (κ2) is 9.28. The third-order valence-electron chi connectivity index (χ3n) is 4.18. The summed E-state index contributed by atoms with van der Waals surface area (Å²) in [6.07, 6.45) is 1.03. The van der Waals surface area contributed by atoms with Gasteiger partial charge in [0.25, 0.3) is 0 Å². The van der Waals surface area contributed by atoms with Gasteiger partial charge in [-0.15, -0.1) is 0 Å². The predicted molar refractivity (Wildman–Crippen MR) is 114 cm³/mol. The second-order valence-electron chi connectivity index (χ2n) is 6.45. The molecule has 2 rings (SSSR count). The van der Waals surface area contributed by atoms with Crippen LogP contribution in [-0.2, 0) is 19.6 Å². The molecule has 0 saturated carbocycles. The zero-order valence-electron chi connectivity index (χ0n) is 16.6. The third-order valence-corrected chi connectivity index (χ3v) is 5.67. The van der Waals surface area contributed by atoms with Gasteiger partial charge in [-0.1, -0.05) is 17.7 Å². The first kappa shape index (κ1) is 22.7. The number of aryl methyl sites for hydroxylation is 1. The summed E-state index contributed by atoms with van der Waals surface area (Å²) in [5, 5.41) is 3.15. The second-order valence-corrected chi connectivity index (χ2v) is 8.75. The predicted octanol–water partition coefficient (Wildman–Crippen LogP) is 3.62. The van der Waals surface area contributed by atoms with Crippen LogP contribution < -0.4 is 9.62 Å². The Labute approximate surface area is 175 Å². The number of hydrogen-bond donors (Lipinski definition) is 1. The molecule has 1 N–H and O–H groups in total. The smallest absolute Gasteiger partial charge is 0.338 e. The first-order valence-corrected chi connectivity index (χ1v) is 11.1. The molecule has 1 unspecified atom stereocenters. The van der Waals surface area contributed by atoms with Crippen molar-refractivity contribution in [3.05, 3.63) is 58.6 Å². The maximum Gasteiger partial charge on any atom is 0.338 e. The normalized spacial score (nSPS) is 12.2. The molecule has 0 aromatic heterocycles. The lowest BCUT2D eigenvalue weighted by Gasteiger charge is -2.28. The zero-order chi connectivity index (χ0) is 21.8. The van der Waals surface area contributed by atoms with Crippen LogP contribution in [-0.4, -0.2) is 39.2 Å². The fraction of sp³-hybridized carbons (Fsp3) is 0.300. The van der Waals surface area contributed by atoms with Gasteiger partial charge in [0.2, 0.25) is 15.9 Å². The number of rotatable bonds is 7. The van der Waals surface area contributed by atoms with Gasteiger partial charge in [-0.05, 0) is 62.7 Å². The molecule has 9 heteroatoms. The summed E-state index contributed by atoms with van der Waals surface area (Å²) in [6, 6.07) is 9.89. The number of amides is 1. The first-order chi connectivity index (χ1) is 13.5. The molecule has 0 aliphatic rings. The van der Waals surface area contributed by atoms with E-state index in [0.717, 1.165) is 16.1 Å². The van der Waals surface area contributed by atoms with Crippen molar-refractivity contribution in [3.63, 3.8) is 0 Å². The number of esters is 1. The summed E-state index contributed by atoms with van der Waals surface area (Å²) in [5.41, 5.74) is 1.72. The number of ether oxygens (including phenoxy) is 1. The molecule has 0 fully saturated rings. The lowest BCUT2D eigenvalue weighted by molar-refractivity contribution is -0.116. The fourth-order valence-corrected chi connectivity index (χ4v) is 4.03. The van der Waals surface area contributed by atoms with Crippen LogP contribution in [0.3, 0.4) is 0 Å². The number of nitrogens with one attached hydrogen (secondary N) is 1. The zero-order valence-corrected chi connectivity index (χ0v) is 18.2. The van der Waals surface area contributed by atoms with Crippen LogP contribution in [0.15, 0.2) is 42.5 Å². The van der Waals surface area contributed by atoms with Gasteiger partial charge in [0.15, 0.2) is 0 Å². The molecule has 0 aliphatic carbocycles. The monoisotopic (exact) mass is 438 g/mol. The highest BCUT2D eigenvalue weighted by Gasteiger charge is 2.29. The van der Waals surface area contributed by atoms with Crippen LogP contribution in [0.25, 0.3) is 0 Å². The molecule has 0 radical (unpaired) electrons. The molecule has 2 aromatic carbocycles. The maximum absolute atomic E-state index is 12.8. The van der Waals surface area contributed by atoms with Gasteiger partial charge < -0.3 is 10.1 Å². The number of carbonyl (C=O) groups excluding carboxylic acids is 2. The number of benzene rings is 2. The van der Waals surface area contributed by atoms with Crippen molar-refractivity contribution in [1.82, 2.24) is 0 Å². The van der Waals surface area contributed by atoms with E-state index in [2.05, 4.69) is 5.32 Å².